The molecule has 0 saturated carbocycles. The van der Waals surface area contributed by atoms with Crippen LogP contribution >= 0.6 is 18.9 Å². The second kappa shape index (κ2) is 25.7. The molecule has 0 bridgehead atoms. The normalized spacial score (nSPS) is 18.6. The van der Waals surface area contributed by atoms with E-state index in [1.54, 1.807) is 45.0 Å². The molecule has 442 valence electrons. The quantitative estimate of drug-likeness (QED) is 0.0227. The fraction of sp³-hybridized carbons (Fsp3) is 0.419. The van der Waals surface area contributed by atoms with Crippen molar-refractivity contribution < 1.29 is 66.2 Å². The number of hydrogen-bond donors (Lipinski definition) is 5. The Morgan fingerprint density at radius 1 is 0.869 bits per heavy atom. The number of amides is 8. The molecule has 4 aliphatic rings. The van der Waals surface area contributed by atoms with Crippen LogP contribution in [0.2, 0.25) is 0 Å². The number of piperidine rings is 2. The van der Waals surface area contributed by atoms with Gasteiger partial charge in [-0.3, -0.25) is 53.1 Å². The van der Waals surface area contributed by atoms with Gasteiger partial charge in [0.25, 0.3) is 23.6 Å². The molecule has 5 aromatic rings. The molecule has 84 heavy (non-hydrogen) atoms. The summed E-state index contributed by atoms with van der Waals surface area (Å²) in [5.41, 5.74) is -2.88. The molecule has 1 unspecified atom stereocenters. The van der Waals surface area contributed by atoms with Crippen LogP contribution in [0.3, 0.4) is 0 Å². The third-order valence-corrected chi connectivity index (χ3v) is 17.9. The zero-order valence-corrected chi connectivity index (χ0v) is 48.6. The number of benzene rings is 4. The third kappa shape index (κ3) is 13.6. The second-order valence-corrected chi connectivity index (χ2v) is 25.6. The van der Waals surface area contributed by atoms with E-state index in [9.17, 15) is 56.7 Å². The predicted molar refractivity (Wildman–Crippen MR) is 309 cm³/mol. The Morgan fingerprint density at radius 3 is 2.36 bits per heavy atom. The van der Waals surface area contributed by atoms with E-state index < -0.39 is 77.8 Å². The predicted octanol–water partition coefficient (Wildman–Crippen LogP) is 8.31. The first-order valence-electron chi connectivity index (χ1n) is 28.3. The minimum absolute atomic E-state index is 0.0193. The summed E-state index contributed by atoms with van der Waals surface area (Å²) in [4.78, 5) is 131. The summed E-state index contributed by atoms with van der Waals surface area (Å²) in [7, 11) is -5.86. The molecule has 8 amide bonds. The Labute approximate surface area is 489 Å². The van der Waals surface area contributed by atoms with Crippen LogP contribution in [0.4, 0.5) is 8.78 Å². The maximum atomic E-state index is 15.2. The van der Waals surface area contributed by atoms with Crippen molar-refractivity contribution in [3.8, 4) is 17.6 Å². The molecule has 4 atom stereocenters. The van der Waals surface area contributed by atoms with Gasteiger partial charge in [-0.05, 0) is 102 Å². The Hall–Kier alpha value is -7.63. The number of thiophene rings is 1. The van der Waals surface area contributed by atoms with E-state index >= 15 is 4.79 Å². The van der Waals surface area contributed by atoms with Gasteiger partial charge in [0.2, 0.25) is 23.6 Å². The average molecular weight is 1190 g/mol. The van der Waals surface area contributed by atoms with Gasteiger partial charge >= 0.3 is 13.3 Å². The number of hydrogen-bond acceptors (Lipinski definition) is 11. The summed E-state index contributed by atoms with van der Waals surface area (Å²) in [6.45, 7) is 6.46. The molecule has 5 heterocycles. The molecule has 2 fully saturated rings. The summed E-state index contributed by atoms with van der Waals surface area (Å²) < 4.78 is 47.3. The number of halogens is 2. The first kappa shape index (κ1) is 60.9. The summed E-state index contributed by atoms with van der Waals surface area (Å²) >= 11 is 0.962. The number of alkyl halides is 2. The van der Waals surface area contributed by atoms with Crippen LogP contribution in [0.15, 0.2) is 91.0 Å². The van der Waals surface area contributed by atoms with E-state index in [1.165, 1.54) is 23.1 Å². The monoisotopic (exact) mass is 1190 g/mol. The fourth-order valence-electron chi connectivity index (χ4n) is 11.3. The van der Waals surface area contributed by atoms with Crippen LogP contribution in [0.1, 0.15) is 156 Å². The smallest absolute Gasteiger partial charge is 0.399 e. The van der Waals surface area contributed by atoms with Crippen molar-refractivity contribution in [2.45, 2.75) is 134 Å². The first-order valence-corrected chi connectivity index (χ1v) is 30.7. The van der Waals surface area contributed by atoms with Crippen LogP contribution < -0.4 is 20.7 Å². The highest BCUT2D eigenvalue weighted by atomic mass is 32.1. The van der Waals surface area contributed by atoms with Crippen LogP contribution in [-0.4, -0.2) is 116 Å². The van der Waals surface area contributed by atoms with E-state index in [0.29, 0.717) is 47.6 Å². The van der Waals surface area contributed by atoms with Crippen molar-refractivity contribution in [3.63, 3.8) is 0 Å². The molecule has 0 spiro atoms. The zero-order valence-electron chi connectivity index (χ0n) is 46.9. The Kier molecular flexibility index (Phi) is 18.6. The molecule has 0 radical (unpaired) electrons. The second-order valence-electron chi connectivity index (χ2n) is 22.9. The van der Waals surface area contributed by atoms with Crippen LogP contribution in [0.5, 0.6) is 5.75 Å². The van der Waals surface area contributed by atoms with E-state index in [-0.39, 0.29) is 71.5 Å². The largest absolute Gasteiger partial charge is 0.484 e. The van der Waals surface area contributed by atoms with Crippen molar-refractivity contribution in [3.05, 3.63) is 135 Å². The summed E-state index contributed by atoms with van der Waals surface area (Å²) in [6.07, 6.45) is 7.80. The highest BCUT2D eigenvalue weighted by Gasteiger charge is 2.51. The number of unbranched alkanes of at least 4 members (excludes halogenated alkanes) is 6. The number of imide groups is 2. The summed E-state index contributed by atoms with van der Waals surface area (Å²) in [5, 5.41) is 8.14. The number of likely N-dealkylation sites (tertiary alicyclic amines) is 1. The number of nitrogens with zero attached hydrogens (tertiary/aromatic N) is 3. The van der Waals surface area contributed by atoms with Crippen molar-refractivity contribution in [2.75, 3.05) is 26.2 Å². The maximum absolute atomic E-state index is 15.2. The standard InChI is InChI=1S/C62H67F2N6O12PS/c1-61(2,3)54(67-56(74)50-34-42-31-44(24-27-49(42)84-50)62(63,64)83(79,80)81)60(78)69-36-43-32-45(25-23-40(43)33-48(69)58(76)68-30-16-21-41(35-68)38-17-12-10-13-18-38)82-37-52(72)65-29-14-9-7-5-4-6-8-11-19-39-20-15-22-46-53(39)59(77)70(57(46)75)47-26-28-51(71)66-55(47)73/h10,12-13,15,17-18,20,22-25,27,31-32,34,41,47-48,54H,4-9,14,16,21,26,28-30,33,35-37H2,1-3H3,(H,65,72)(H,67,74)(H,66,71,73)(H2,79,80,81)/t41-,47?,48-,54+/m0/s1. The number of ether oxygens (including phenoxy) is 1. The molecule has 9 rings (SSSR count). The van der Waals surface area contributed by atoms with Gasteiger partial charge in [0, 0.05) is 67.2 Å². The third-order valence-electron chi connectivity index (χ3n) is 15.8. The molecule has 1 aromatic heterocycles. The molecular weight excluding hydrogens is 1120 g/mol. The van der Waals surface area contributed by atoms with E-state index in [4.69, 9.17) is 4.74 Å². The molecule has 22 heteroatoms. The molecule has 5 N–H and O–H groups in total. The van der Waals surface area contributed by atoms with Gasteiger partial charge in [0.15, 0.2) is 6.61 Å². The Balaban J connectivity index is 0.780. The number of rotatable bonds is 19. The number of fused-ring (bicyclic) bond motifs is 3. The van der Waals surface area contributed by atoms with E-state index in [1.807, 2.05) is 41.3 Å². The molecule has 4 aromatic carbocycles. The molecule has 0 aliphatic carbocycles. The topological polar surface area (TPSA) is 249 Å². The van der Waals surface area contributed by atoms with E-state index in [2.05, 4.69) is 27.8 Å². The lowest BCUT2D eigenvalue weighted by molar-refractivity contribution is -0.150. The minimum Gasteiger partial charge on any atom is -0.484 e. The number of nitrogens with one attached hydrogen (secondary N) is 3. The first-order chi connectivity index (χ1) is 40.0. The molecule has 18 nitrogen and oxygen atoms in total. The summed E-state index contributed by atoms with van der Waals surface area (Å²) in [6, 6.07) is 21.4. The highest BCUT2D eigenvalue weighted by Crippen LogP contribution is 2.59. The zero-order chi connectivity index (χ0) is 60.1. The lowest BCUT2D eigenvalue weighted by atomic mass is 9.83. The molecular formula is C62H67F2N6O12PS. The van der Waals surface area contributed by atoms with Crippen molar-refractivity contribution in [1.29, 1.82) is 0 Å². The molecule has 2 saturated heterocycles. The Morgan fingerprint density at radius 2 is 1.62 bits per heavy atom. The van der Waals surface area contributed by atoms with Crippen molar-refractivity contribution >= 4 is 76.3 Å². The number of carbonyl (C=O) groups excluding carboxylic acids is 8. The van der Waals surface area contributed by atoms with Gasteiger partial charge in [0.05, 0.1) is 16.0 Å². The lowest BCUT2D eigenvalue weighted by Gasteiger charge is -2.43. The fourth-order valence-corrected chi connectivity index (χ4v) is 12.7. The van der Waals surface area contributed by atoms with Gasteiger partial charge in [-0.15, -0.1) is 11.3 Å². The SMILES string of the molecule is CC(C)(C)[C@H](NC(=O)c1cc2cc(C(F)(F)P(=O)(O)O)ccc2s1)C(=O)N1Cc2cc(OCC(=O)NCCCCCCCCC#Cc3cccc4c3C(=O)N(C3CCC(=O)NC3=O)C4=O)ccc2C[C@H]1C(=O)N1CCC[C@H](c2ccccc2)C1. The lowest BCUT2D eigenvalue weighted by Crippen LogP contribution is -2.61. The van der Waals surface area contributed by atoms with Gasteiger partial charge in [0.1, 0.15) is 23.9 Å². The van der Waals surface area contributed by atoms with Crippen LogP contribution in [-0.2, 0) is 47.2 Å². The summed E-state index contributed by atoms with van der Waals surface area (Å²) in [5.74, 6) is 2.60. The van der Waals surface area contributed by atoms with Gasteiger partial charge in [-0.25, -0.2) is 0 Å². The van der Waals surface area contributed by atoms with Crippen molar-refractivity contribution in [1.82, 2.24) is 30.7 Å². The van der Waals surface area contributed by atoms with Crippen LogP contribution in [0.25, 0.3) is 10.1 Å². The Bertz CT molecular complexity index is 3520. The van der Waals surface area contributed by atoms with Gasteiger partial charge in [-0.1, -0.05) is 107 Å². The highest BCUT2D eigenvalue weighted by molar-refractivity contribution is 7.52. The van der Waals surface area contributed by atoms with Gasteiger partial charge < -0.3 is 35.0 Å². The number of carbonyl (C=O) groups is 8. The van der Waals surface area contributed by atoms with Crippen LogP contribution in [0, 0.1) is 17.3 Å². The van der Waals surface area contributed by atoms with Gasteiger partial charge in [-0.2, -0.15) is 8.78 Å². The van der Waals surface area contributed by atoms with Crippen molar-refractivity contribution in [2.24, 2.45) is 5.41 Å². The minimum atomic E-state index is -5.86. The average Bonchev–Trinajstić information content (AvgIpc) is 2.27. The molecule has 4 aliphatic heterocycles. The maximum Gasteiger partial charge on any atom is 0.399 e. The van der Waals surface area contributed by atoms with E-state index in [0.717, 1.165) is 90.9 Å².